The van der Waals surface area contributed by atoms with Gasteiger partial charge in [-0.25, -0.2) is 15.0 Å². The summed E-state index contributed by atoms with van der Waals surface area (Å²) >= 11 is 0. The Labute approximate surface area is 181 Å². The summed E-state index contributed by atoms with van der Waals surface area (Å²) in [5, 5.41) is 6.85. The van der Waals surface area contributed by atoms with Gasteiger partial charge >= 0.3 is 12.0 Å². The lowest BCUT2D eigenvalue weighted by Crippen LogP contribution is -2.24. The van der Waals surface area contributed by atoms with Crippen molar-refractivity contribution in [1.29, 1.82) is 0 Å². The average Bonchev–Trinajstić information content (AvgIpc) is 3.02. The van der Waals surface area contributed by atoms with Crippen molar-refractivity contribution < 1.29 is 14.3 Å². The number of aryl methyl sites for hydroxylation is 2. The molecule has 0 atom stereocenters. The van der Waals surface area contributed by atoms with Gasteiger partial charge in [0.1, 0.15) is 0 Å². The summed E-state index contributed by atoms with van der Waals surface area (Å²) in [6, 6.07) is 14.6. The number of urea groups is 1. The van der Waals surface area contributed by atoms with Gasteiger partial charge in [-0.1, -0.05) is 24.3 Å². The van der Waals surface area contributed by atoms with E-state index in [9.17, 15) is 9.59 Å². The van der Waals surface area contributed by atoms with E-state index < -0.39 is 6.03 Å². The first-order chi connectivity index (χ1) is 14.8. The number of amides is 2. The number of carbonyl (C=O) groups is 2. The topological polar surface area (TPSA) is 84.7 Å². The number of anilines is 1. The third kappa shape index (κ3) is 4.66. The number of aromatic nitrogens is 1. The van der Waals surface area contributed by atoms with E-state index >= 15 is 0 Å². The summed E-state index contributed by atoms with van der Waals surface area (Å²) in [6.07, 6.45) is 1.61. The zero-order valence-corrected chi connectivity index (χ0v) is 18.3. The van der Waals surface area contributed by atoms with Crippen LogP contribution >= 0.6 is 0 Å². The Balaban J connectivity index is 1.80. The van der Waals surface area contributed by atoms with Crippen LogP contribution in [0.3, 0.4) is 0 Å². The predicted octanol–water partition coefficient (Wildman–Crippen LogP) is 4.65. The molecule has 0 aliphatic carbocycles. The van der Waals surface area contributed by atoms with Crippen molar-refractivity contribution in [2.24, 2.45) is 5.10 Å². The molecule has 0 bridgehead atoms. The maximum atomic E-state index is 12.1. The lowest BCUT2D eigenvalue weighted by molar-refractivity contribution is 0.0600. The standard InChI is InChI=1S/C24H26N4O3/c1-15-9-6-7-11-21(15)26-24(30)27-25-14-19-13-16(2)28(18(19)4)22-12-8-10-20(17(22)3)23(29)31-5/h6-14H,1-5H3,(H2,26,27,30). The highest BCUT2D eigenvalue weighted by atomic mass is 16.5. The van der Waals surface area contributed by atoms with E-state index in [-0.39, 0.29) is 5.97 Å². The predicted molar refractivity (Wildman–Crippen MR) is 122 cm³/mol. The Bertz CT molecular complexity index is 1160. The van der Waals surface area contributed by atoms with Crippen molar-refractivity contribution in [1.82, 2.24) is 9.99 Å². The fourth-order valence-corrected chi connectivity index (χ4v) is 3.51. The molecule has 2 N–H and O–H groups in total. The minimum absolute atomic E-state index is 0.368. The van der Waals surface area contributed by atoms with Crippen molar-refractivity contribution >= 4 is 23.9 Å². The van der Waals surface area contributed by atoms with Gasteiger partial charge < -0.3 is 14.6 Å². The highest BCUT2D eigenvalue weighted by Crippen LogP contribution is 2.25. The molecule has 31 heavy (non-hydrogen) atoms. The lowest BCUT2D eigenvalue weighted by atomic mass is 10.1. The number of methoxy groups -OCH3 is 1. The van der Waals surface area contributed by atoms with Gasteiger partial charge in [-0.2, -0.15) is 5.10 Å². The number of ether oxygens (including phenoxy) is 1. The van der Waals surface area contributed by atoms with E-state index in [1.54, 1.807) is 12.3 Å². The average molecular weight is 418 g/mol. The second-order valence-electron chi connectivity index (χ2n) is 7.24. The summed E-state index contributed by atoms with van der Waals surface area (Å²) in [7, 11) is 1.37. The number of carbonyl (C=O) groups excluding carboxylic acids is 2. The Hall–Kier alpha value is -3.87. The first-order valence-electron chi connectivity index (χ1n) is 9.86. The van der Waals surface area contributed by atoms with Gasteiger partial charge in [0.25, 0.3) is 0 Å². The molecule has 3 rings (SSSR count). The number of nitrogens with one attached hydrogen (secondary N) is 2. The molecule has 0 unspecified atom stereocenters. The Morgan fingerprint density at radius 1 is 1.03 bits per heavy atom. The van der Waals surface area contributed by atoms with Gasteiger partial charge in [0.15, 0.2) is 0 Å². The Morgan fingerprint density at radius 2 is 1.77 bits per heavy atom. The number of esters is 1. The number of hydrogen-bond donors (Lipinski definition) is 2. The van der Waals surface area contributed by atoms with Crippen LogP contribution in [-0.4, -0.2) is 29.9 Å². The molecule has 0 saturated heterocycles. The van der Waals surface area contributed by atoms with Crippen LogP contribution in [0.25, 0.3) is 5.69 Å². The third-order valence-electron chi connectivity index (χ3n) is 5.18. The van der Waals surface area contributed by atoms with Crippen LogP contribution in [0.5, 0.6) is 0 Å². The quantitative estimate of drug-likeness (QED) is 0.359. The van der Waals surface area contributed by atoms with Crippen molar-refractivity contribution in [2.75, 3.05) is 12.4 Å². The second kappa shape index (κ2) is 9.30. The molecular formula is C24H26N4O3. The van der Waals surface area contributed by atoms with Crippen LogP contribution in [0.2, 0.25) is 0 Å². The Morgan fingerprint density at radius 3 is 2.48 bits per heavy atom. The number of nitrogens with zero attached hydrogens (tertiary/aromatic N) is 2. The second-order valence-corrected chi connectivity index (χ2v) is 7.24. The molecule has 0 aliphatic heterocycles. The third-order valence-corrected chi connectivity index (χ3v) is 5.18. The molecule has 0 saturated carbocycles. The molecule has 3 aromatic rings. The van der Waals surface area contributed by atoms with Gasteiger partial charge in [-0.3, -0.25) is 0 Å². The van der Waals surface area contributed by atoms with Gasteiger partial charge in [-0.05, 0) is 63.1 Å². The SMILES string of the molecule is COC(=O)c1cccc(-n2c(C)cc(C=NNC(=O)Nc3ccccc3C)c2C)c1C. The lowest BCUT2D eigenvalue weighted by Gasteiger charge is -2.15. The molecule has 2 amide bonds. The van der Waals surface area contributed by atoms with Crippen LogP contribution in [0.4, 0.5) is 10.5 Å². The number of benzene rings is 2. The minimum Gasteiger partial charge on any atom is -0.465 e. The molecule has 1 heterocycles. The van der Waals surface area contributed by atoms with Gasteiger partial charge in [0, 0.05) is 28.3 Å². The van der Waals surface area contributed by atoms with Crippen molar-refractivity contribution in [3.63, 3.8) is 0 Å². The summed E-state index contributed by atoms with van der Waals surface area (Å²) in [4.78, 5) is 24.2. The fraction of sp³-hybridized carbons (Fsp3) is 0.208. The number of para-hydroxylation sites is 1. The van der Waals surface area contributed by atoms with Crippen molar-refractivity contribution in [3.05, 3.63) is 82.2 Å². The summed E-state index contributed by atoms with van der Waals surface area (Å²) < 4.78 is 6.94. The molecule has 1 aromatic heterocycles. The minimum atomic E-state index is -0.416. The van der Waals surface area contributed by atoms with E-state index in [0.717, 1.165) is 39.5 Å². The van der Waals surface area contributed by atoms with Crippen LogP contribution in [-0.2, 0) is 4.74 Å². The van der Waals surface area contributed by atoms with Gasteiger partial charge in [0.05, 0.1) is 18.9 Å². The van der Waals surface area contributed by atoms with Gasteiger partial charge in [0.2, 0.25) is 0 Å². The zero-order chi connectivity index (χ0) is 22.5. The molecule has 0 radical (unpaired) electrons. The fourth-order valence-electron chi connectivity index (χ4n) is 3.51. The molecule has 7 nitrogen and oxygen atoms in total. The highest BCUT2D eigenvalue weighted by molar-refractivity contribution is 5.92. The molecule has 0 spiro atoms. The highest BCUT2D eigenvalue weighted by Gasteiger charge is 2.16. The van der Waals surface area contributed by atoms with Crippen molar-refractivity contribution in [2.45, 2.75) is 27.7 Å². The number of hydrazone groups is 1. The monoisotopic (exact) mass is 418 g/mol. The number of hydrogen-bond acceptors (Lipinski definition) is 4. The van der Waals surface area contributed by atoms with E-state index in [2.05, 4.69) is 20.4 Å². The Kier molecular flexibility index (Phi) is 6.55. The van der Waals surface area contributed by atoms with E-state index in [1.165, 1.54) is 7.11 Å². The molecule has 0 fully saturated rings. The van der Waals surface area contributed by atoms with Gasteiger partial charge in [-0.15, -0.1) is 0 Å². The molecule has 160 valence electrons. The molecule has 0 aliphatic rings. The molecule has 7 heteroatoms. The van der Waals surface area contributed by atoms with Crippen LogP contribution in [0.15, 0.2) is 53.6 Å². The summed E-state index contributed by atoms with van der Waals surface area (Å²) in [5.41, 5.74) is 9.21. The zero-order valence-electron chi connectivity index (χ0n) is 18.3. The van der Waals surface area contributed by atoms with E-state index in [0.29, 0.717) is 5.56 Å². The largest absolute Gasteiger partial charge is 0.465 e. The number of rotatable bonds is 5. The van der Waals surface area contributed by atoms with Crippen LogP contribution in [0, 0.1) is 27.7 Å². The maximum Gasteiger partial charge on any atom is 0.339 e. The summed E-state index contributed by atoms with van der Waals surface area (Å²) in [5.74, 6) is -0.368. The summed E-state index contributed by atoms with van der Waals surface area (Å²) in [6.45, 7) is 7.76. The first-order valence-corrected chi connectivity index (χ1v) is 9.86. The normalized spacial score (nSPS) is 10.9. The van der Waals surface area contributed by atoms with Crippen LogP contribution < -0.4 is 10.7 Å². The van der Waals surface area contributed by atoms with E-state index in [4.69, 9.17) is 4.74 Å². The van der Waals surface area contributed by atoms with E-state index in [1.807, 2.05) is 70.2 Å². The maximum absolute atomic E-state index is 12.1. The van der Waals surface area contributed by atoms with Crippen molar-refractivity contribution in [3.8, 4) is 5.69 Å². The molecule has 2 aromatic carbocycles. The first kappa shape index (κ1) is 21.8. The van der Waals surface area contributed by atoms with Crippen LogP contribution in [0.1, 0.15) is 38.4 Å². The smallest absolute Gasteiger partial charge is 0.339 e. The molecular weight excluding hydrogens is 392 g/mol.